The molecule has 4 rings (SSSR count). The number of carbonyl (C=O) groups is 1. The van der Waals surface area contributed by atoms with Gasteiger partial charge in [-0.1, -0.05) is 23.7 Å². The van der Waals surface area contributed by atoms with Crippen LogP contribution in [-0.2, 0) is 6.42 Å². The minimum Gasteiger partial charge on any atom is -0.344 e. The van der Waals surface area contributed by atoms with Crippen LogP contribution < -0.4 is 5.32 Å². The van der Waals surface area contributed by atoms with E-state index in [9.17, 15) is 4.79 Å². The molecule has 1 N–H and O–H groups in total. The number of nitrogens with zero attached hydrogens (tertiary/aromatic N) is 2. The normalized spacial score (nSPS) is 16.7. The summed E-state index contributed by atoms with van der Waals surface area (Å²) in [6.07, 6.45) is 5.30. The summed E-state index contributed by atoms with van der Waals surface area (Å²) in [6, 6.07) is 11.6. The predicted molar refractivity (Wildman–Crippen MR) is 85.2 cm³/mol. The van der Waals surface area contributed by atoms with E-state index in [0.717, 1.165) is 29.1 Å². The van der Waals surface area contributed by atoms with Crippen LogP contribution in [0.5, 0.6) is 0 Å². The maximum absolute atomic E-state index is 12.6. The number of rotatable bonds is 2. The summed E-state index contributed by atoms with van der Waals surface area (Å²) >= 11 is 6.02. The van der Waals surface area contributed by atoms with Crippen LogP contribution >= 0.6 is 11.6 Å². The molecule has 4 nitrogen and oxygen atoms in total. The summed E-state index contributed by atoms with van der Waals surface area (Å²) in [6.45, 7) is 0. The molecule has 0 aliphatic heterocycles. The van der Waals surface area contributed by atoms with Crippen molar-refractivity contribution in [1.82, 2.24) is 14.7 Å². The molecular weight excluding hydrogens is 298 g/mol. The summed E-state index contributed by atoms with van der Waals surface area (Å²) in [7, 11) is 0. The smallest absolute Gasteiger partial charge is 0.270 e. The molecule has 2 aromatic heterocycles. The standard InChI is InChI=1S/C17H14ClN3O/c18-12-5-6-13-11(9-12)4-7-14(13)20-17(22)15-10-19-16-3-1-2-8-21(15)16/h1-3,5-6,8-10,14H,4,7H2,(H,20,22)/t14-/m0/s1. The Balaban J connectivity index is 1.61. The average molecular weight is 312 g/mol. The Morgan fingerprint density at radius 1 is 1.32 bits per heavy atom. The summed E-state index contributed by atoms with van der Waals surface area (Å²) in [5.41, 5.74) is 3.70. The highest BCUT2D eigenvalue weighted by Crippen LogP contribution is 2.33. The van der Waals surface area contributed by atoms with Crippen LogP contribution in [0.3, 0.4) is 0 Å². The van der Waals surface area contributed by atoms with Gasteiger partial charge in [0.05, 0.1) is 12.2 Å². The first-order valence-electron chi connectivity index (χ1n) is 7.23. The Labute approximate surface area is 132 Å². The Bertz CT molecular complexity index is 871. The predicted octanol–water partition coefficient (Wildman–Crippen LogP) is 3.41. The molecule has 1 aliphatic rings. The van der Waals surface area contributed by atoms with E-state index in [1.165, 1.54) is 5.56 Å². The summed E-state index contributed by atoms with van der Waals surface area (Å²) < 4.78 is 1.80. The number of amides is 1. The number of halogens is 1. The first-order chi connectivity index (χ1) is 10.7. The van der Waals surface area contributed by atoms with Crippen molar-refractivity contribution in [3.63, 3.8) is 0 Å². The molecule has 0 saturated heterocycles. The van der Waals surface area contributed by atoms with Gasteiger partial charge in [-0.15, -0.1) is 0 Å². The van der Waals surface area contributed by atoms with Crippen LogP contribution in [0.4, 0.5) is 0 Å². The van der Waals surface area contributed by atoms with Gasteiger partial charge in [-0.3, -0.25) is 9.20 Å². The van der Waals surface area contributed by atoms with Crippen LogP contribution in [0.25, 0.3) is 5.65 Å². The number of hydrogen-bond acceptors (Lipinski definition) is 2. The Morgan fingerprint density at radius 2 is 2.23 bits per heavy atom. The van der Waals surface area contributed by atoms with E-state index >= 15 is 0 Å². The molecule has 22 heavy (non-hydrogen) atoms. The summed E-state index contributed by atoms with van der Waals surface area (Å²) in [5, 5.41) is 3.85. The van der Waals surface area contributed by atoms with Crippen molar-refractivity contribution in [2.45, 2.75) is 18.9 Å². The number of aryl methyl sites for hydroxylation is 1. The lowest BCUT2D eigenvalue weighted by molar-refractivity contribution is 0.0931. The Hall–Kier alpha value is -2.33. The van der Waals surface area contributed by atoms with Crippen molar-refractivity contribution in [3.05, 3.63) is 70.6 Å². The van der Waals surface area contributed by atoms with Crippen molar-refractivity contribution in [3.8, 4) is 0 Å². The Kier molecular flexibility index (Phi) is 3.12. The van der Waals surface area contributed by atoms with Crippen molar-refractivity contribution in [1.29, 1.82) is 0 Å². The van der Waals surface area contributed by atoms with E-state index in [1.807, 2.05) is 42.6 Å². The van der Waals surface area contributed by atoms with E-state index in [0.29, 0.717) is 5.69 Å². The Morgan fingerprint density at radius 3 is 3.14 bits per heavy atom. The van der Waals surface area contributed by atoms with Crippen LogP contribution in [-0.4, -0.2) is 15.3 Å². The highest BCUT2D eigenvalue weighted by molar-refractivity contribution is 6.30. The fraction of sp³-hybridized carbons (Fsp3) is 0.176. The van der Waals surface area contributed by atoms with Crippen molar-refractivity contribution >= 4 is 23.2 Å². The lowest BCUT2D eigenvalue weighted by atomic mass is 10.1. The van der Waals surface area contributed by atoms with E-state index < -0.39 is 0 Å². The molecule has 1 aliphatic carbocycles. The van der Waals surface area contributed by atoms with Gasteiger partial charge < -0.3 is 5.32 Å². The topological polar surface area (TPSA) is 46.4 Å². The van der Waals surface area contributed by atoms with Crippen LogP contribution in [0, 0.1) is 0 Å². The second kappa shape index (κ2) is 5.14. The third kappa shape index (κ3) is 2.16. The minimum atomic E-state index is -0.105. The van der Waals surface area contributed by atoms with E-state index in [1.54, 1.807) is 10.6 Å². The quantitative estimate of drug-likeness (QED) is 0.788. The molecule has 0 bridgehead atoms. The molecule has 110 valence electrons. The molecule has 1 atom stereocenters. The molecular formula is C17H14ClN3O. The first kappa shape index (κ1) is 13.3. The third-order valence-electron chi connectivity index (χ3n) is 4.14. The van der Waals surface area contributed by atoms with Crippen LogP contribution in [0.1, 0.15) is 34.1 Å². The molecule has 0 saturated carbocycles. The van der Waals surface area contributed by atoms with Gasteiger partial charge in [0, 0.05) is 11.2 Å². The van der Waals surface area contributed by atoms with Gasteiger partial charge in [-0.25, -0.2) is 4.98 Å². The summed E-state index contributed by atoms with van der Waals surface area (Å²) in [5.74, 6) is -0.105. The van der Waals surface area contributed by atoms with Gasteiger partial charge in [0.2, 0.25) is 0 Å². The van der Waals surface area contributed by atoms with E-state index in [2.05, 4.69) is 10.3 Å². The number of pyridine rings is 1. The van der Waals surface area contributed by atoms with Gasteiger partial charge in [0.15, 0.2) is 0 Å². The summed E-state index contributed by atoms with van der Waals surface area (Å²) in [4.78, 5) is 16.8. The number of fused-ring (bicyclic) bond motifs is 2. The lowest BCUT2D eigenvalue weighted by Gasteiger charge is -2.14. The molecule has 0 fully saturated rings. The van der Waals surface area contributed by atoms with Crippen molar-refractivity contribution < 1.29 is 4.79 Å². The number of carbonyl (C=O) groups excluding carboxylic acids is 1. The van der Waals surface area contributed by atoms with Gasteiger partial charge in [-0.05, 0) is 48.2 Å². The zero-order chi connectivity index (χ0) is 15.1. The van der Waals surface area contributed by atoms with Crippen LogP contribution in [0.15, 0.2) is 48.8 Å². The molecule has 5 heteroatoms. The highest BCUT2D eigenvalue weighted by Gasteiger charge is 2.25. The molecule has 0 unspecified atom stereocenters. The zero-order valence-electron chi connectivity index (χ0n) is 11.8. The monoisotopic (exact) mass is 311 g/mol. The largest absolute Gasteiger partial charge is 0.344 e. The molecule has 3 aromatic rings. The van der Waals surface area contributed by atoms with Crippen LogP contribution in [0.2, 0.25) is 5.02 Å². The zero-order valence-corrected chi connectivity index (χ0v) is 12.5. The maximum atomic E-state index is 12.6. The van der Waals surface area contributed by atoms with Crippen molar-refractivity contribution in [2.75, 3.05) is 0 Å². The van der Waals surface area contributed by atoms with E-state index in [-0.39, 0.29) is 11.9 Å². The second-order valence-electron chi connectivity index (χ2n) is 5.48. The minimum absolute atomic E-state index is 0.0361. The second-order valence-corrected chi connectivity index (χ2v) is 5.92. The number of imidazole rings is 1. The van der Waals surface area contributed by atoms with Gasteiger partial charge in [0.25, 0.3) is 5.91 Å². The molecule has 2 heterocycles. The fourth-order valence-corrected chi connectivity index (χ4v) is 3.26. The molecule has 0 spiro atoms. The SMILES string of the molecule is O=C(N[C@H]1CCc2cc(Cl)ccc21)c1cnc2ccccn12. The molecule has 1 amide bonds. The number of benzene rings is 1. The number of aromatic nitrogens is 2. The van der Waals surface area contributed by atoms with Crippen molar-refractivity contribution in [2.24, 2.45) is 0 Å². The third-order valence-corrected chi connectivity index (χ3v) is 4.37. The van der Waals surface area contributed by atoms with Gasteiger partial charge >= 0.3 is 0 Å². The first-order valence-corrected chi connectivity index (χ1v) is 7.61. The molecule has 1 aromatic carbocycles. The highest BCUT2D eigenvalue weighted by atomic mass is 35.5. The average Bonchev–Trinajstić information content (AvgIpc) is 3.11. The maximum Gasteiger partial charge on any atom is 0.270 e. The number of hydrogen-bond donors (Lipinski definition) is 1. The number of nitrogens with one attached hydrogen (secondary N) is 1. The lowest BCUT2D eigenvalue weighted by Crippen LogP contribution is -2.28. The van der Waals surface area contributed by atoms with Gasteiger partial charge in [0.1, 0.15) is 11.3 Å². The van der Waals surface area contributed by atoms with Gasteiger partial charge in [-0.2, -0.15) is 0 Å². The fourth-order valence-electron chi connectivity index (χ4n) is 3.07. The van der Waals surface area contributed by atoms with E-state index in [4.69, 9.17) is 11.6 Å². The molecule has 0 radical (unpaired) electrons.